The van der Waals surface area contributed by atoms with Gasteiger partial charge in [-0.15, -0.1) is 5.10 Å². The fraction of sp³-hybridized carbons (Fsp3) is 0.357. The van der Waals surface area contributed by atoms with Gasteiger partial charge in [0.05, 0.1) is 13.0 Å². The fourth-order valence-electron chi connectivity index (χ4n) is 1.85. The zero-order valence-electron chi connectivity index (χ0n) is 11.8. The Hall–Kier alpha value is -2.37. The van der Waals surface area contributed by atoms with E-state index in [-0.39, 0.29) is 5.91 Å². The molecule has 2 rings (SSSR count). The molecule has 2 aromatic rings. The number of nitrogens with zero attached hydrogens (tertiary/aromatic N) is 3. The van der Waals surface area contributed by atoms with Crippen LogP contribution in [0, 0.1) is 0 Å². The van der Waals surface area contributed by atoms with Crippen LogP contribution >= 0.6 is 0 Å². The number of benzene rings is 1. The molecule has 0 fully saturated rings. The van der Waals surface area contributed by atoms with Crippen LogP contribution in [0.1, 0.15) is 18.2 Å². The number of nitrogens with one attached hydrogen (secondary N) is 2. The van der Waals surface area contributed by atoms with Crippen LogP contribution in [0.5, 0.6) is 0 Å². The molecule has 1 aromatic heterocycles. The van der Waals surface area contributed by atoms with Gasteiger partial charge < -0.3 is 10.6 Å². The maximum Gasteiger partial charge on any atom is 0.224 e. The number of aryl methyl sites for hydroxylation is 1. The number of anilines is 1. The fourth-order valence-corrected chi connectivity index (χ4v) is 1.85. The number of amides is 1. The molecule has 106 valence electrons. The third kappa shape index (κ3) is 4.08. The minimum absolute atomic E-state index is 0.0489. The molecule has 0 saturated carbocycles. The average molecular weight is 273 g/mol. The zero-order chi connectivity index (χ0) is 14.4. The minimum Gasteiger partial charge on any atom is -0.379 e. The summed E-state index contributed by atoms with van der Waals surface area (Å²) in [6.07, 6.45) is 2.29. The van der Waals surface area contributed by atoms with Crippen LogP contribution in [0.3, 0.4) is 0 Å². The standard InChI is InChI=1S/C14H19N5O/c1-3-15-14(20)8-11-4-6-12(7-5-11)16-9-13-10-19(2)18-17-13/h4-7,10,16H,3,8-9H2,1-2H3,(H,15,20). The number of hydrogen-bond donors (Lipinski definition) is 2. The minimum atomic E-state index is 0.0489. The van der Waals surface area contributed by atoms with Crippen molar-refractivity contribution in [3.63, 3.8) is 0 Å². The van der Waals surface area contributed by atoms with E-state index in [0.29, 0.717) is 19.5 Å². The quantitative estimate of drug-likeness (QED) is 0.827. The van der Waals surface area contributed by atoms with Crippen molar-refractivity contribution in [2.45, 2.75) is 19.9 Å². The van der Waals surface area contributed by atoms with E-state index in [1.165, 1.54) is 0 Å². The van der Waals surface area contributed by atoms with Crippen molar-refractivity contribution in [2.24, 2.45) is 7.05 Å². The first-order valence-electron chi connectivity index (χ1n) is 6.62. The highest BCUT2D eigenvalue weighted by molar-refractivity contribution is 5.78. The number of rotatable bonds is 6. The summed E-state index contributed by atoms with van der Waals surface area (Å²) >= 11 is 0. The highest BCUT2D eigenvalue weighted by Crippen LogP contribution is 2.11. The van der Waals surface area contributed by atoms with Gasteiger partial charge in [-0.1, -0.05) is 17.3 Å². The summed E-state index contributed by atoms with van der Waals surface area (Å²) in [4.78, 5) is 11.5. The molecular formula is C14H19N5O. The normalized spacial score (nSPS) is 10.3. The molecule has 1 amide bonds. The summed E-state index contributed by atoms with van der Waals surface area (Å²) in [7, 11) is 1.84. The van der Waals surface area contributed by atoms with E-state index in [2.05, 4.69) is 20.9 Å². The van der Waals surface area contributed by atoms with Crippen molar-refractivity contribution >= 4 is 11.6 Å². The molecular weight excluding hydrogens is 254 g/mol. The molecule has 0 atom stereocenters. The molecule has 6 heteroatoms. The lowest BCUT2D eigenvalue weighted by Gasteiger charge is -2.06. The smallest absolute Gasteiger partial charge is 0.224 e. The molecule has 0 aliphatic carbocycles. The van der Waals surface area contributed by atoms with Gasteiger partial charge in [0.2, 0.25) is 5.91 Å². The third-order valence-electron chi connectivity index (χ3n) is 2.82. The molecule has 0 spiro atoms. The largest absolute Gasteiger partial charge is 0.379 e. The Labute approximate surface area is 118 Å². The Balaban J connectivity index is 1.86. The van der Waals surface area contributed by atoms with Gasteiger partial charge in [0.25, 0.3) is 0 Å². The molecule has 0 aliphatic heterocycles. The van der Waals surface area contributed by atoms with Crippen LogP contribution < -0.4 is 10.6 Å². The summed E-state index contributed by atoms with van der Waals surface area (Å²) in [5.74, 6) is 0.0489. The first kappa shape index (κ1) is 14.0. The van der Waals surface area contributed by atoms with Crippen LogP contribution in [0.2, 0.25) is 0 Å². The monoisotopic (exact) mass is 273 g/mol. The first-order valence-corrected chi connectivity index (χ1v) is 6.62. The SMILES string of the molecule is CCNC(=O)Cc1ccc(NCc2cn(C)nn2)cc1. The second-order valence-corrected chi connectivity index (χ2v) is 4.56. The van der Waals surface area contributed by atoms with Crippen molar-refractivity contribution in [3.8, 4) is 0 Å². The Morgan fingerprint density at radius 3 is 2.65 bits per heavy atom. The van der Waals surface area contributed by atoms with Crippen LogP contribution in [0.4, 0.5) is 5.69 Å². The highest BCUT2D eigenvalue weighted by atomic mass is 16.1. The Morgan fingerprint density at radius 1 is 1.30 bits per heavy atom. The Morgan fingerprint density at radius 2 is 2.05 bits per heavy atom. The molecule has 0 aliphatic rings. The number of aromatic nitrogens is 3. The van der Waals surface area contributed by atoms with E-state index in [1.54, 1.807) is 4.68 Å². The maximum absolute atomic E-state index is 11.5. The van der Waals surface area contributed by atoms with Crippen molar-refractivity contribution in [3.05, 3.63) is 41.7 Å². The van der Waals surface area contributed by atoms with Crippen molar-refractivity contribution in [1.29, 1.82) is 0 Å². The number of hydrogen-bond acceptors (Lipinski definition) is 4. The summed E-state index contributed by atoms with van der Waals surface area (Å²) in [5, 5.41) is 13.9. The second-order valence-electron chi connectivity index (χ2n) is 4.56. The molecule has 20 heavy (non-hydrogen) atoms. The van der Waals surface area contributed by atoms with E-state index < -0.39 is 0 Å². The molecule has 0 radical (unpaired) electrons. The van der Waals surface area contributed by atoms with E-state index in [4.69, 9.17) is 0 Å². The predicted molar refractivity (Wildman–Crippen MR) is 77.2 cm³/mol. The first-order chi connectivity index (χ1) is 9.67. The van der Waals surface area contributed by atoms with Gasteiger partial charge in [0.15, 0.2) is 0 Å². The van der Waals surface area contributed by atoms with Gasteiger partial charge >= 0.3 is 0 Å². The summed E-state index contributed by atoms with van der Waals surface area (Å²) in [6, 6.07) is 7.83. The third-order valence-corrected chi connectivity index (χ3v) is 2.82. The van der Waals surface area contributed by atoms with Crippen LogP contribution in [0.15, 0.2) is 30.5 Å². The van der Waals surface area contributed by atoms with Gasteiger partial charge in [-0.25, -0.2) is 0 Å². The Bertz CT molecular complexity index is 561. The summed E-state index contributed by atoms with van der Waals surface area (Å²) < 4.78 is 1.67. The lowest BCUT2D eigenvalue weighted by atomic mass is 10.1. The van der Waals surface area contributed by atoms with Gasteiger partial charge in [-0.3, -0.25) is 9.48 Å². The molecule has 0 saturated heterocycles. The van der Waals surface area contributed by atoms with E-state index in [0.717, 1.165) is 16.9 Å². The summed E-state index contributed by atoms with van der Waals surface area (Å²) in [5.41, 5.74) is 2.88. The number of carbonyl (C=O) groups is 1. The van der Waals surface area contributed by atoms with E-state index in [1.807, 2.05) is 44.4 Å². The Kier molecular flexibility index (Phi) is 4.70. The topological polar surface area (TPSA) is 71.8 Å². The predicted octanol–water partition coefficient (Wildman–Crippen LogP) is 1.11. The molecule has 2 N–H and O–H groups in total. The van der Waals surface area contributed by atoms with Gasteiger partial charge in [-0.2, -0.15) is 0 Å². The van der Waals surface area contributed by atoms with Crippen molar-refractivity contribution in [1.82, 2.24) is 20.3 Å². The van der Waals surface area contributed by atoms with Gasteiger partial charge in [-0.05, 0) is 24.6 Å². The molecule has 0 bridgehead atoms. The number of likely N-dealkylation sites (N-methyl/N-ethyl adjacent to an activating group) is 1. The average Bonchev–Trinajstić information content (AvgIpc) is 2.84. The van der Waals surface area contributed by atoms with Crippen molar-refractivity contribution < 1.29 is 4.79 Å². The zero-order valence-corrected chi connectivity index (χ0v) is 11.8. The summed E-state index contributed by atoms with van der Waals surface area (Å²) in [6.45, 7) is 3.21. The molecule has 1 aromatic carbocycles. The molecule has 6 nitrogen and oxygen atoms in total. The number of carbonyl (C=O) groups excluding carboxylic acids is 1. The van der Waals surface area contributed by atoms with E-state index >= 15 is 0 Å². The van der Waals surface area contributed by atoms with Crippen molar-refractivity contribution in [2.75, 3.05) is 11.9 Å². The highest BCUT2D eigenvalue weighted by Gasteiger charge is 2.02. The van der Waals surface area contributed by atoms with Crippen LogP contribution in [-0.2, 0) is 24.8 Å². The maximum atomic E-state index is 11.5. The molecule has 1 heterocycles. The molecule has 0 unspecified atom stereocenters. The lowest BCUT2D eigenvalue weighted by Crippen LogP contribution is -2.24. The second kappa shape index (κ2) is 6.70. The van der Waals surface area contributed by atoms with Gasteiger partial charge in [0.1, 0.15) is 5.69 Å². The van der Waals surface area contributed by atoms with Crippen LogP contribution in [0.25, 0.3) is 0 Å². The lowest BCUT2D eigenvalue weighted by molar-refractivity contribution is -0.120. The van der Waals surface area contributed by atoms with Gasteiger partial charge in [0, 0.05) is 25.5 Å². The van der Waals surface area contributed by atoms with E-state index in [9.17, 15) is 4.79 Å². The van der Waals surface area contributed by atoms with Crippen LogP contribution in [-0.4, -0.2) is 27.4 Å².